The molecule has 0 fully saturated rings. The Morgan fingerprint density at radius 1 is 1.58 bits per heavy atom. The molecule has 66 valence electrons. The Kier molecular flexibility index (Phi) is 2.44. The van der Waals surface area contributed by atoms with Gasteiger partial charge >= 0.3 is 0 Å². The molecule has 0 radical (unpaired) electrons. The van der Waals surface area contributed by atoms with Crippen molar-refractivity contribution in [3.05, 3.63) is 11.9 Å². The van der Waals surface area contributed by atoms with Crippen LogP contribution in [0.25, 0.3) is 0 Å². The van der Waals surface area contributed by atoms with Crippen molar-refractivity contribution in [2.24, 2.45) is 5.73 Å². The number of nitrogen functional groups attached to an aromatic ring is 1. The van der Waals surface area contributed by atoms with Crippen molar-refractivity contribution in [1.82, 2.24) is 9.97 Å². The maximum Gasteiger partial charge on any atom is 0.257 e. The van der Waals surface area contributed by atoms with Crippen molar-refractivity contribution in [2.75, 3.05) is 12.8 Å². The van der Waals surface area contributed by atoms with Crippen LogP contribution in [0, 0.1) is 0 Å². The Hall–Kier alpha value is -1.36. The Balaban J connectivity index is 3.05. The van der Waals surface area contributed by atoms with Crippen LogP contribution in [0.4, 0.5) is 5.82 Å². The molecule has 0 saturated carbocycles. The molecule has 1 rings (SSSR count). The van der Waals surface area contributed by atoms with Gasteiger partial charge in [-0.25, -0.2) is 9.97 Å². The highest BCUT2D eigenvalue weighted by Crippen LogP contribution is 2.16. The SMILES string of the molecule is COc1nc(C(C)N)cnc1N. The summed E-state index contributed by atoms with van der Waals surface area (Å²) in [6.07, 6.45) is 1.54. The van der Waals surface area contributed by atoms with Crippen molar-refractivity contribution in [3.8, 4) is 5.88 Å². The number of methoxy groups -OCH3 is 1. The second-order valence-corrected chi connectivity index (χ2v) is 2.48. The van der Waals surface area contributed by atoms with Crippen LogP contribution in [-0.2, 0) is 0 Å². The normalized spacial score (nSPS) is 12.6. The lowest BCUT2D eigenvalue weighted by atomic mass is 10.3. The van der Waals surface area contributed by atoms with Crippen LogP contribution >= 0.6 is 0 Å². The van der Waals surface area contributed by atoms with E-state index in [0.717, 1.165) is 0 Å². The van der Waals surface area contributed by atoms with E-state index in [-0.39, 0.29) is 11.9 Å². The highest BCUT2D eigenvalue weighted by molar-refractivity contribution is 5.40. The third kappa shape index (κ3) is 1.62. The molecule has 12 heavy (non-hydrogen) atoms. The van der Waals surface area contributed by atoms with Gasteiger partial charge < -0.3 is 16.2 Å². The molecule has 4 N–H and O–H groups in total. The summed E-state index contributed by atoms with van der Waals surface area (Å²) in [5, 5.41) is 0. The molecule has 1 unspecified atom stereocenters. The zero-order valence-corrected chi connectivity index (χ0v) is 7.11. The molecule has 0 aromatic carbocycles. The minimum Gasteiger partial charge on any atom is -0.478 e. The summed E-state index contributed by atoms with van der Waals surface area (Å²) < 4.78 is 4.88. The molecule has 0 saturated heterocycles. The second-order valence-electron chi connectivity index (χ2n) is 2.48. The standard InChI is InChI=1S/C7H12N4O/c1-4(8)5-3-10-6(9)7(11-5)12-2/h3-4H,8H2,1-2H3,(H2,9,10). The number of aromatic nitrogens is 2. The molecule has 0 aliphatic carbocycles. The van der Waals surface area contributed by atoms with Crippen molar-refractivity contribution in [1.29, 1.82) is 0 Å². The van der Waals surface area contributed by atoms with Gasteiger partial charge in [0.05, 0.1) is 19.0 Å². The molecule has 1 atom stereocenters. The monoisotopic (exact) mass is 168 g/mol. The number of rotatable bonds is 2. The third-order valence-corrected chi connectivity index (χ3v) is 1.45. The summed E-state index contributed by atoms with van der Waals surface area (Å²) in [5.41, 5.74) is 11.7. The molecule has 0 aliphatic rings. The zero-order valence-electron chi connectivity index (χ0n) is 7.11. The molecule has 0 spiro atoms. The Morgan fingerprint density at radius 3 is 2.75 bits per heavy atom. The maximum absolute atomic E-state index is 5.59. The van der Waals surface area contributed by atoms with Gasteiger partial charge in [0.1, 0.15) is 0 Å². The number of anilines is 1. The number of hydrogen-bond donors (Lipinski definition) is 2. The summed E-state index contributed by atoms with van der Waals surface area (Å²) in [6.45, 7) is 1.82. The first-order valence-corrected chi connectivity index (χ1v) is 3.57. The van der Waals surface area contributed by atoms with Gasteiger partial charge in [0.2, 0.25) is 0 Å². The minimum absolute atomic E-state index is 0.160. The van der Waals surface area contributed by atoms with Crippen LogP contribution in [0.3, 0.4) is 0 Å². The van der Waals surface area contributed by atoms with Gasteiger partial charge in [-0.05, 0) is 6.92 Å². The summed E-state index contributed by atoms with van der Waals surface area (Å²) in [7, 11) is 1.49. The number of nitrogens with zero attached hydrogens (tertiary/aromatic N) is 2. The summed E-state index contributed by atoms with van der Waals surface area (Å²) >= 11 is 0. The predicted octanol–water partition coefficient (Wildman–Crippen LogP) is 0.0871. The molecule has 0 amide bonds. The molecule has 1 aromatic rings. The lowest BCUT2D eigenvalue weighted by molar-refractivity contribution is 0.395. The third-order valence-electron chi connectivity index (χ3n) is 1.45. The van der Waals surface area contributed by atoms with E-state index in [1.54, 1.807) is 6.20 Å². The van der Waals surface area contributed by atoms with Crippen molar-refractivity contribution in [3.63, 3.8) is 0 Å². The highest BCUT2D eigenvalue weighted by Gasteiger charge is 2.06. The van der Waals surface area contributed by atoms with Gasteiger partial charge in [0, 0.05) is 6.04 Å². The van der Waals surface area contributed by atoms with E-state index in [9.17, 15) is 0 Å². The molecule has 1 aromatic heterocycles. The fourth-order valence-corrected chi connectivity index (χ4v) is 0.764. The Labute approximate surface area is 70.8 Å². The van der Waals surface area contributed by atoms with E-state index < -0.39 is 0 Å². The van der Waals surface area contributed by atoms with E-state index in [1.807, 2.05) is 6.92 Å². The zero-order chi connectivity index (χ0) is 9.14. The smallest absolute Gasteiger partial charge is 0.257 e. The van der Waals surface area contributed by atoms with E-state index >= 15 is 0 Å². The van der Waals surface area contributed by atoms with Crippen LogP contribution in [0.1, 0.15) is 18.7 Å². The molecule has 0 bridgehead atoms. The van der Waals surface area contributed by atoms with E-state index in [2.05, 4.69) is 9.97 Å². The average Bonchev–Trinajstić information content (AvgIpc) is 2.05. The largest absolute Gasteiger partial charge is 0.478 e. The molecule has 5 heteroatoms. The maximum atomic E-state index is 5.59. The summed E-state index contributed by atoms with van der Waals surface area (Å²) in [5.74, 6) is 0.603. The van der Waals surface area contributed by atoms with Gasteiger partial charge in [0.25, 0.3) is 5.88 Å². The van der Waals surface area contributed by atoms with Crippen LogP contribution in [0.15, 0.2) is 6.20 Å². The number of nitrogens with two attached hydrogens (primary N) is 2. The molecule has 5 nitrogen and oxygen atoms in total. The van der Waals surface area contributed by atoms with Crippen molar-refractivity contribution in [2.45, 2.75) is 13.0 Å². The van der Waals surface area contributed by atoms with E-state index in [0.29, 0.717) is 11.6 Å². The second kappa shape index (κ2) is 3.36. The molecule has 0 aliphatic heterocycles. The van der Waals surface area contributed by atoms with Crippen LogP contribution < -0.4 is 16.2 Å². The first-order valence-electron chi connectivity index (χ1n) is 3.57. The number of hydrogen-bond acceptors (Lipinski definition) is 5. The van der Waals surface area contributed by atoms with Crippen LogP contribution in [0.5, 0.6) is 5.88 Å². The van der Waals surface area contributed by atoms with Crippen molar-refractivity contribution < 1.29 is 4.74 Å². The average molecular weight is 168 g/mol. The van der Waals surface area contributed by atoms with Gasteiger partial charge in [-0.1, -0.05) is 0 Å². The van der Waals surface area contributed by atoms with Crippen LogP contribution in [0.2, 0.25) is 0 Å². The quantitative estimate of drug-likeness (QED) is 0.653. The van der Waals surface area contributed by atoms with E-state index in [4.69, 9.17) is 16.2 Å². The van der Waals surface area contributed by atoms with Gasteiger partial charge in [-0.3, -0.25) is 0 Å². The topological polar surface area (TPSA) is 87.0 Å². The lowest BCUT2D eigenvalue weighted by Gasteiger charge is -2.06. The summed E-state index contributed by atoms with van der Waals surface area (Å²) in [4.78, 5) is 7.94. The van der Waals surface area contributed by atoms with E-state index in [1.165, 1.54) is 7.11 Å². The Morgan fingerprint density at radius 2 is 2.25 bits per heavy atom. The van der Waals surface area contributed by atoms with Crippen LogP contribution in [-0.4, -0.2) is 17.1 Å². The highest BCUT2D eigenvalue weighted by atomic mass is 16.5. The first kappa shape index (κ1) is 8.73. The first-order chi connectivity index (χ1) is 5.65. The lowest BCUT2D eigenvalue weighted by Crippen LogP contribution is -2.10. The van der Waals surface area contributed by atoms with Gasteiger partial charge in [-0.15, -0.1) is 0 Å². The molecular weight excluding hydrogens is 156 g/mol. The minimum atomic E-state index is -0.160. The molecule has 1 heterocycles. The molecular formula is C7H12N4O. The Bertz CT molecular complexity index is 274. The van der Waals surface area contributed by atoms with Gasteiger partial charge in [-0.2, -0.15) is 0 Å². The fourth-order valence-electron chi connectivity index (χ4n) is 0.764. The van der Waals surface area contributed by atoms with Gasteiger partial charge in [0.15, 0.2) is 5.82 Å². The van der Waals surface area contributed by atoms with Crippen molar-refractivity contribution >= 4 is 5.82 Å². The fraction of sp³-hybridized carbons (Fsp3) is 0.429. The summed E-state index contributed by atoms with van der Waals surface area (Å²) in [6, 6.07) is -0.160. The number of ether oxygens (including phenoxy) is 1. The predicted molar refractivity (Wildman–Crippen MR) is 45.6 cm³/mol.